The van der Waals surface area contributed by atoms with Crippen molar-refractivity contribution in [3.63, 3.8) is 0 Å². The van der Waals surface area contributed by atoms with Crippen LogP contribution in [0, 0.1) is 0 Å². The molecule has 0 amide bonds. The first kappa shape index (κ1) is 19.3. The number of ketones is 1. The third-order valence-corrected chi connectivity index (χ3v) is 5.37. The Hall–Kier alpha value is -3.71. The normalized spacial score (nSPS) is 14.5. The fourth-order valence-electron chi connectivity index (χ4n) is 3.74. The molecule has 1 fully saturated rings. The number of fused-ring (bicyclic) bond motifs is 1. The van der Waals surface area contributed by atoms with Gasteiger partial charge in [-0.1, -0.05) is 18.2 Å². The van der Waals surface area contributed by atoms with Crippen molar-refractivity contribution in [2.45, 2.75) is 18.9 Å². The molecule has 2 aromatic carbocycles. The number of hydrogen-bond donors (Lipinski definition) is 2. The topological polar surface area (TPSA) is 89.1 Å². The summed E-state index contributed by atoms with van der Waals surface area (Å²) in [5.74, 6) is 2.00. The molecule has 2 N–H and O–H groups in total. The highest BCUT2D eigenvalue weighted by molar-refractivity contribution is 6.18. The molecule has 0 bridgehead atoms. The molecule has 156 valence electrons. The van der Waals surface area contributed by atoms with Crippen LogP contribution in [0.5, 0.6) is 11.5 Å². The highest BCUT2D eigenvalue weighted by Gasteiger charge is 2.21. The molecule has 7 heteroatoms. The number of ether oxygens (including phenoxy) is 2. The van der Waals surface area contributed by atoms with Gasteiger partial charge in [-0.15, -0.1) is 0 Å². The number of hydrogen-bond acceptors (Lipinski definition) is 6. The number of carbonyl (C=O) groups is 1. The summed E-state index contributed by atoms with van der Waals surface area (Å²) in [4.78, 5) is 25.1. The lowest BCUT2D eigenvalue weighted by molar-refractivity contribution is 0.0904. The van der Waals surface area contributed by atoms with Crippen LogP contribution in [0.4, 0.5) is 5.82 Å². The first-order chi connectivity index (χ1) is 15.3. The van der Waals surface area contributed by atoms with Gasteiger partial charge in [0.15, 0.2) is 5.78 Å². The van der Waals surface area contributed by atoms with Gasteiger partial charge in [0.2, 0.25) is 0 Å². The summed E-state index contributed by atoms with van der Waals surface area (Å²) in [6.45, 7) is 1.45. The van der Waals surface area contributed by atoms with Crippen LogP contribution in [0.2, 0.25) is 0 Å². The van der Waals surface area contributed by atoms with Crippen LogP contribution in [-0.2, 0) is 4.74 Å². The van der Waals surface area contributed by atoms with E-state index in [0.717, 1.165) is 31.8 Å². The fourth-order valence-corrected chi connectivity index (χ4v) is 3.74. The Morgan fingerprint density at radius 1 is 1.00 bits per heavy atom. The van der Waals surface area contributed by atoms with Crippen LogP contribution in [0.3, 0.4) is 0 Å². The summed E-state index contributed by atoms with van der Waals surface area (Å²) in [5.41, 5.74) is 1.75. The third kappa shape index (κ3) is 4.13. The van der Waals surface area contributed by atoms with E-state index in [1.807, 2.05) is 30.3 Å². The number of aromatic nitrogens is 3. The van der Waals surface area contributed by atoms with Crippen molar-refractivity contribution in [3.8, 4) is 11.5 Å². The smallest absolute Gasteiger partial charge is 0.195 e. The number of carbonyl (C=O) groups excluding carboxylic acids is 1. The van der Waals surface area contributed by atoms with Crippen LogP contribution in [0.15, 0.2) is 67.1 Å². The van der Waals surface area contributed by atoms with Crippen molar-refractivity contribution in [1.29, 1.82) is 0 Å². The van der Waals surface area contributed by atoms with Gasteiger partial charge in [-0.2, -0.15) is 0 Å². The summed E-state index contributed by atoms with van der Waals surface area (Å²) in [6, 6.07) is 16.9. The Morgan fingerprint density at radius 2 is 1.74 bits per heavy atom. The molecule has 2 aromatic heterocycles. The Labute approximate surface area is 179 Å². The van der Waals surface area contributed by atoms with E-state index in [4.69, 9.17) is 9.47 Å². The van der Waals surface area contributed by atoms with Crippen LogP contribution in [0.1, 0.15) is 28.8 Å². The monoisotopic (exact) mass is 414 g/mol. The molecule has 0 radical (unpaired) electrons. The number of aromatic amines is 1. The summed E-state index contributed by atoms with van der Waals surface area (Å²) < 4.78 is 11.3. The minimum Gasteiger partial charge on any atom is -0.457 e. The zero-order valence-electron chi connectivity index (χ0n) is 16.9. The van der Waals surface area contributed by atoms with Crippen molar-refractivity contribution >= 4 is 22.6 Å². The number of nitrogens with one attached hydrogen (secondary N) is 2. The van der Waals surface area contributed by atoms with E-state index in [0.29, 0.717) is 33.7 Å². The van der Waals surface area contributed by atoms with Gasteiger partial charge in [-0.25, -0.2) is 9.97 Å². The van der Waals surface area contributed by atoms with Crippen molar-refractivity contribution < 1.29 is 14.3 Å². The zero-order chi connectivity index (χ0) is 21.0. The molecule has 5 rings (SSSR count). The molecule has 4 aromatic rings. The molecule has 0 aliphatic carbocycles. The lowest BCUT2D eigenvalue weighted by Crippen LogP contribution is -2.28. The van der Waals surface area contributed by atoms with Crippen LogP contribution < -0.4 is 10.1 Å². The molecular formula is C24H22N4O3. The zero-order valence-corrected chi connectivity index (χ0v) is 16.9. The van der Waals surface area contributed by atoms with Crippen molar-refractivity contribution in [2.24, 2.45) is 0 Å². The van der Waals surface area contributed by atoms with Gasteiger partial charge in [-0.3, -0.25) is 4.79 Å². The minimum absolute atomic E-state index is 0.0951. The highest BCUT2D eigenvalue weighted by atomic mass is 16.5. The highest BCUT2D eigenvalue weighted by Crippen LogP contribution is 2.28. The Morgan fingerprint density at radius 3 is 2.52 bits per heavy atom. The summed E-state index contributed by atoms with van der Waals surface area (Å²) in [5, 5.41) is 4.18. The maximum Gasteiger partial charge on any atom is 0.195 e. The molecule has 1 aliphatic rings. The molecular weight excluding hydrogens is 392 g/mol. The second-order valence-corrected chi connectivity index (χ2v) is 7.45. The molecule has 1 aliphatic heterocycles. The standard InChI is InChI=1S/C24H22N4O3/c29-22(16-6-8-19(9-7-16)31-18-4-2-1-3-5-18)20-14-25-23-21(20)24(27-15-26-23)28-17-10-12-30-13-11-17/h1-9,14-15,17H,10-13H2,(H2,25,26,27,28). The predicted octanol–water partition coefficient (Wildman–Crippen LogP) is 4.57. The van der Waals surface area contributed by atoms with Gasteiger partial charge < -0.3 is 19.8 Å². The van der Waals surface area contributed by atoms with Gasteiger partial charge >= 0.3 is 0 Å². The average Bonchev–Trinajstić information content (AvgIpc) is 3.26. The van der Waals surface area contributed by atoms with Gasteiger partial charge in [0.1, 0.15) is 29.3 Å². The maximum atomic E-state index is 13.3. The van der Waals surface area contributed by atoms with E-state index in [1.54, 1.807) is 30.5 Å². The van der Waals surface area contributed by atoms with Crippen LogP contribution >= 0.6 is 0 Å². The van der Waals surface area contributed by atoms with Crippen LogP contribution in [-0.4, -0.2) is 40.0 Å². The van der Waals surface area contributed by atoms with Crippen LogP contribution in [0.25, 0.3) is 11.0 Å². The first-order valence-corrected chi connectivity index (χ1v) is 10.3. The number of benzene rings is 2. The molecule has 3 heterocycles. The van der Waals surface area contributed by atoms with E-state index in [-0.39, 0.29) is 11.8 Å². The summed E-state index contributed by atoms with van der Waals surface area (Å²) in [6.07, 6.45) is 5.01. The maximum absolute atomic E-state index is 13.3. The molecule has 7 nitrogen and oxygen atoms in total. The largest absolute Gasteiger partial charge is 0.457 e. The Balaban J connectivity index is 1.40. The van der Waals surface area contributed by atoms with Crippen molar-refractivity contribution in [1.82, 2.24) is 15.0 Å². The van der Waals surface area contributed by atoms with Gasteiger partial charge in [0.25, 0.3) is 0 Å². The van der Waals surface area contributed by atoms with E-state index < -0.39 is 0 Å². The molecule has 0 atom stereocenters. The Kier molecular flexibility index (Phi) is 5.33. The van der Waals surface area contributed by atoms with Crippen molar-refractivity contribution in [3.05, 3.63) is 78.2 Å². The van der Waals surface area contributed by atoms with Gasteiger partial charge in [-0.05, 0) is 49.2 Å². The molecule has 0 spiro atoms. The quantitative estimate of drug-likeness (QED) is 0.449. The molecule has 1 saturated heterocycles. The predicted molar refractivity (Wildman–Crippen MR) is 118 cm³/mol. The summed E-state index contributed by atoms with van der Waals surface area (Å²) in [7, 11) is 0. The second-order valence-electron chi connectivity index (χ2n) is 7.45. The minimum atomic E-state index is -0.0951. The number of H-pyrrole nitrogens is 1. The molecule has 31 heavy (non-hydrogen) atoms. The second kappa shape index (κ2) is 8.57. The number of anilines is 1. The lowest BCUT2D eigenvalue weighted by atomic mass is 10.0. The van der Waals surface area contributed by atoms with Crippen molar-refractivity contribution in [2.75, 3.05) is 18.5 Å². The third-order valence-electron chi connectivity index (χ3n) is 5.37. The molecule has 0 unspecified atom stereocenters. The SMILES string of the molecule is O=C(c1ccc(Oc2ccccc2)cc1)c1c[nH]c2ncnc(NC3CCOCC3)c12. The van der Waals surface area contributed by atoms with E-state index in [2.05, 4.69) is 20.3 Å². The van der Waals surface area contributed by atoms with E-state index in [9.17, 15) is 4.79 Å². The molecule has 0 saturated carbocycles. The van der Waals surface area contributed by atoms with E-state index >= 15 is 0 Å². The number of para-hydroxylation sites is 1. The first-order valence-electron chi connectivity index (χ1n) is 10.3. The van der Waals surface area contributed by atoms with E-state index in [1.165, 1.54) is 6.33 Å². The number of nitrogens with zero attached hydrogens (tertiary/aromatic N) is 2. The number of rotatable bonds is 6. The van der Waals surface area contributed by atoms with Gasteiger partial charge in [0, 0.05) is 31.0 Å². The van der Waals surface area contributed by atoms with Gasteiger partial charge in [0.05, 0.1) is 10.9 Å². The Bertz CT molecular complexity index is 1180. The lowest BCUT2D eigenvalue weighted by Gasteiger charge is -2.23. The summed E-state index contributed by atoms with van der Waals surface area (Å²) >= 11 is 0. The average molecular weight is 414 g/mol. The fraction of sp³-hybridized carbons (Fsp3) is 0.208.